The van der Waals surface area contributed by atoms with Crippen LogP contribution in [0.5, 0.6) is 0 Å². The van der Waals surface area contributed by atoms with Crippen LogP contribution >= 0.6 is 0 Å². The van der Waals surface area contributed by atoms with E-state index in [1.54, 1.807) is 0 Å². The van der Waals surface area contributed by atoms with Crippen molar-refractivity contribution < 1.29 is 9.53 Å². The van der Waals surface area contributed by atoms with E-state index in [9.17, 15) is 4.79 Å². The zero-order chi connectivity index (χ0) is 16.3. The third kappa shape index (κ3) is 6.97. The van der Waals surface area contributed by atoms with Crippen molar-refractivity contribution in [3.8, 4) is 0 Å². The fourth-order valence-corrected chi connectivity index (χ4v) is 2.68. The molecule has 2 rings (SSSR count). The fraction of sp³-hybridized carbons (Fsp3) is 0.526. The van der Waals surface area contributed by atoms with Crippen LogP contribution < -0.4 is 10.6 Å². The second-order valence-electron chi connectivity index (χ2n) is 6.04. The van der Waals surface area contributed by atoms with Crippen molar-refractivity contribution in [1.82, 2.24) is 10.6 Å². The summed E-state index contributed by atoms with van der Waals surface area (Å²) in [5.74, 6) is -0.0558. The summed E-state index contributed by atoms with van der Waals surface area (Å²) in [6.45, 7) is 1.53. The van der Waals surface area contributed by atoms with Crippen molar-refractivity contribution in [3.63, 3.8) is 0 Å². The second-order valence-corrected chi connectivity index (χ2v) is 6.04. The van der Waals surface area contributed by atoms with Crippen LogP contribution in [0.2, 0.25) is 0 Å². The number of nitrogens with one attached hydrogen (secondary N) is 2. The number of allylic oxidation sites excluding steroid dienone is 1. The van der Waals surface area contributed by atoms with E-state index in [-0.39, 0.29) is 18.6 Å². The highest BCUT2D eigenvalue weighted by molar-refractivity contribution is 5.77. The van der Waals surface area contributed by atoms with Gasteiger partial charge in [0.15, 0.2) is 0 Å². The number of rotatable bonds is 7. The number of hydrogen-bond acceptors (Lipinski definition) is 3. The molecule has 0 heterocycles. The summed E-state index contributed by atoms with van der Waals surface area (Å²) in [5, 5.41) is 6.03. The number of hydrogen-bond donors (Lipinski definition) is 2. The first-order valence-corrected chi connectivity index (χ1v) is 8.55. The van der Waals surface area contributed by atoms with E-state index in [1.807, 2.05) is 19.2 Å². The number of benzene rings is 1. The topological polar surface area (TPSA) is 50.4 Å². The first-order chi connectivity index (χ1) is 11.3. The molecule has 0 spiro atoms. The molecule has 2 N–H and O–H groups in total. The fourth-order valence-electron chi connectivity index (χ4n) is 2.68. The number of carbonyl (C=O) groups is 1. The molecule has 4 heteroatoms. The second kappa shape index (κ2) is 10.2. The predicted molar refractivity (Wildman–Crippen MR) is 93.0 cm³/mol. The Morgan fingerprint density at radius 1 is 1.13 bits per heavy atom. The molecule has 1 amide bonds. The van der Waals surface area contributed by atoms with E-state index in [1.165, 1.54) is 24.8 Å². The Bertz CT molecular complexity index is 497. The lowest BCUT2D eigenvalue weighted by atomic mass is 10.0. The lowest BCUT2D eigenvalue weighted by Gasteiger charge is -2.16. The molecule has 0 fully saturated rings. The Hall–Kier alpha value is -1.65. The van der Waals surface area contributed by atoms with Crippen LogP contribution in [0.1, 0.15) is 43.2 Å². The van der Waals surface area contributed by atoms with Crippen molar-refractivity contribution in [1.29, 1.82) is 0 Å². The normalized spacial score (nSPS) is 19.6. The van der Waals surface area contributed by atoms with Crippen molar-refractivity contribution in [2.24, 2.45) is 0 Å². The molecule has 0 aromatic heterocycles. The van der Waals surface area contributed by atoms with E-state index < -0.39 is 0 Å². The van der Waals surface area contributed by atoms with Gasteiger partial charge in [-0.2, -0.15) is 0 Å². The first kappa shape index (κ1) is 17.7. The molecule has 1 atom stereocenters. The van der Waals surface area contributed by atoms with Crippen LogP contribution in [0.15, 0.2) is 36.4 Å². The quantitative estimate of drug-likeness (QED) is 0.761. The van der Waals surface area contributed by atoms with E-state index in [2.05, 4.69) is 34.9 Å². The van der Waals surface area contributed by atoms with Crippen LogP contribution in [0.4, 0.5) is 0 Å². The van der Waals surface area contributed by atoms with Gasteiger partial charge in [0.25, 0.3) is 0 Å². The summed E-state index contributed by atoms with van der Waals surface area (Å²) in [4.78, 5) is 11.9. The lowest BCUT2D eigenvalue weighted by molar-refractivity contribution is -0.127. The van der Waals surface area contributed by atoms with Gasteiger partial charge in [0.2, 0.25) is 5.91 Å². The summed E-state index contributed by atoms with van der Waals surface area (Å²) < 4.78 is 5.71. The Morgan fingerprint density at radius 3 is 2.61 bits per heavy atom. The average Bonchev–Trinajstić information content (AvgIpc) is 2.53. The molecule has 4 nitrogen and oxygen atoms in total. The molecular weight excluding hydrogens is 288 g/mol. The molecule has 0 saturated heterocycles. The summed E-state index contributed by atoms with van der Waals surface area (Å²) in [6, 6.07) is 8.25. The Morgan fingerprint density at radius 2 is 1.87 bits per heavy atom. The van der Waals surface area contributed by atoms with Crippen LogP contribution in [0.25, 0.3) is 0 Å². The number of amides is 1. The van der Waals surface area contributed by atoms with Crippen molar-refractivity contribution in [3.05, 3.63) is 47.5 Å². The Labute approximate surface area is 139 Å². The molecule has 126 valence electrons. The molecule has 1 aliphatic carbocycles. The summed E-state index contributed by atoms with van der Waals surface area (Å²) in [5.41, 5.74) is 2.34. The van der Waals surface area contributed by atoms with Gasteiger partial charge in [-0.25, -0.2) is 0 Å². The van der Waals surface area contributed by atoms with Crippen molar-refractivity contribution in [2.75, 3.05) is 13.7 Å². The maximum Gasteiger partial charge on any atom is 0.246 e. The molecule has 1 aromatic rings. The minimum Gasteiger partial charge on any atom is -0.364 e. The third-order valence-corrected chi connectivity index (χ3v) is 4.03. The molecule has 23 heavy (non-hydrogen) atoms. The predicted octanol–water partition coefficient (Wildman–Crippen LogP) is 2.93. The molecule has 0 aliphatic heterocycles. The molecule has 0 bridgehead atoms. The van der Waals surface area contributed by atoms with E-state index in [4.69, 9.17) is 4.74 Å². The zero-order valence-corrected chi connectivity index (χ0v) is 14.0. The van der Waals surface area contributed by atoms with Gasteiger partial charge in [-0.05, 0) is 37.4 Å². The number of carbonyl (C=O) groups excluding carboxylic acids is 1. The van der Waals surface area contributed by atoms with Crippen LogP contribution in [-0.4, -0.2) is 25.7 Å². The summed E-state index contributed by atoms with van der Waals surface area (Å²) >= 11 is 0. The third-order valence-electron chi connectivity index (χ3n) is 4.03. The molecule has 1 aliphatic rings. The maximum absolute atomic E-state index is 11.9. The molecule has 1 aromatic carbocycles. The molecule has 0 saturated carbocycles. The van der Waals surface area contributed by atoms with Gasteiger partial charge in [0, 0.05) is 13.1 Å². The van der Waals surface area contributed by atoms with E-state index in [0.29, 0.717) is 6.54 Å². The van der Waals surface area contributed by atoms with Gasteiger partial charge in [0.1, 0.15) is 6.61 Å². The lowest BCUT2D eigenvalue weighted by Crippen LogP contribution is -2.29. The molecular formula is C19H28N2O2. The van der Waals surface area contributed by atoms with Gasteiger partial charge >= 0.3 is 0 Å². The Balaban J connectivity index is 1.68. The minimum atomic E-state index is -0.0558. The van der Waals surface area contributed by atoms with Gasteiger partial charge in [0.05, 0.1) is 6.10 Å². The maximum atomic E-state index is 11.9. The number of ether oxygens (including phenoxy) is 1. The van der Waals surface area contributed by atoms with Gasteiger partial charge in [-0.3, -0.25) is 4.79 Å². The van der Waals surface area contributed by atoms with E-state index >= 15 is 0 Å². The minimum absolute atomic E-state index is 0.0558. The van der Waals surface area contributed by atoms with Gasteiger partial charge in [-0.1, -0.05) is 49.3 Å². The highest BCUT2D eigenvalue weighted by Crippen LogP contribution is 2.14. The largest absolute Gasteiger partial charge is 0.364 e. The van der Waals surface area contributed by atoms with Gasteiger partial charge in [-0.15, -0.1) is 0 Å². The van der Waals surface area contributed by atoms with Gasteiger partial charge < -0.3 is 15.4 Å². The first-order valence-electron chi connectivity index (χ1n) is 8.55. The highest BCUT2D eigenvalue weighted by atomic mass is 16.5. The Kier molecular flexibility index (Phi) is 7.84. The zero-order valence-electron chi connectivity index (χ0n) is 14.0. The summed E-state index contributed by atoms with van der Waals surface area (Å²) in [6.07, 6.45) is 10.2. The smallest absolute Gasteiger partial charge is 0.246 e. The monoisotopic (exact) mass is 316 g/mol. The summed E-state index contributed by atoms with van der Waals surface area (Å²) in [7, 11) is 1.93. The molecule has 0 radical (unpaired) electrons. The standard InChI is InChI=1S/C19H28N2O2/c1-20-13-16-9-11-17(12-10-16)14-21-19(22)15-23-18-7-5-3-2-4-6-8-18/h5,7,9-12,18,20H,2-4,6,8,13-15H2,1H3,(H,21,22)/b7-5-. The highest BCUT2D eigenvalue weighted by Gasteiger charge is 2.10. The van der Waals surface area contributed by atoms with E-state index in [0.717, 1.165) is 24.9 Å². The SMILES string of the molecule is CNCc1ccc(CNC(=O)COC2/C=C\CCCCC2)cc1. The van der Waals surface area contributed by atoms with Crippen molar-refractivity contribution in [2.45, 2.75) is 51.3 Å². The van der Waals surface area contributed by atoms with Crippen LogP contribution in [0.3, 0.4) is 0 Å². The molecule has 1 unspecified atom stereocenters. The van der Waals surface area contributed by atoms with Crippen molar-refractivity contribution >= 4 is 5.91 Å². The van der Waals surface area contributed by atoms with Crippen LogP contribution in [0, 0.1) is 0 Å². The van der Waals surface area contributed by atoms with Crippen LogP contribution in [-0.2, 0) is 22.6 Å². The average molecular weight is 316 g/mol.